The fraction of sp³-hybridized carbons (Fsp3) is 0.600. The Morgan fingerprint density at radius 2 is 2.32 bits per heavy atom. The number of benzene rings is 1. The van der Waals surface area contributed by atoms with Crippen molar-refractivity contribution in [1.29, 1.82) is 0 Å². The second-order valence-corrected chi connectivity index (χ2v) is 5.53. The Morgan fingerprint density at radius 3 is 3.05 bits per heavy atom. The third-order valence-corrected chi connectivity index (χ3v) is 3.96. The summed E-state index contributed by atoms with van der Waals surface area (Å²) >= 11 is 6.29. The Labute approximate surface area is 120 Å². The highest BCUT2D eigenvalue weighted by Gasteiger charge is 2.23. The molecule has 1 saturated heterocycles. The fourth-order valence-electron chi connectivity index (χ4n) is 2.56. The van der Waals surface area contributed by atoms with E-state index in [9.17, 15) is 0 Å². The van der Waals surface area contributed by atoms with E-state index in [2.05, 4.69) is 17.1 Å². The zero-order chi connectivity index (χ0) is 13.7. The summed E-state index contributed by atoms with van der Waals surface area (Å²) in [6.45, 7) is 6.56. The lowest BCUT2D eigenvalue weighted by Gasteiger charge is -2.21. The molecule has 0 aromatic heterocycles. The predicted molar refractivity (Wildman–Crippen MR) is 81.5 cm³/mol. The Kier molecular flexibility index (Phi) is 5.34. The summed E-state index contributed by atoms with van der Waals surface area (Å²) in [5, 5.41) is 4.31. The number of methoxy groups -OCH3 is 1. The van der Waals surface area contributed by atoms with Gasteiger partial charge >= 0.3 is 0 Å². The van der Waals surface area contributed by atoms with Gasteiger partial charge in [0.25, 0.3) is 0 Å². The summed E-state index contributed by atoms with van der Waals surface area (Å²) in [6, 6.07) is 5.85. The maximum Gasteiger partial charge on any atom is 0.121 e. The van der Waals surface area contributed by atoms with E-state index in [4.69, 9.17) is 16.3 Å². The van der Waals surface area contributed by atoms with Gasteiger partial charge in [0, 0.05) is 19.2 Å². The van der Waals surface area contributed by atoms with Gasteiger partial charge in [0.1, 0.15) is 5.75 Å². The lowest BCUT2D eigenvalue weighted by atomic mass is 10.1. The van der Waals surface area contributed by atoms with Gasteiger partial charge in [-0.2, -0.15) is 0 Å². The first kappa shape index (κ1) is 14.5. The van der Waals surface area contributed by atoms with Crippen LogP contribution < -0.4 is 15.0 Å². The van der Waals surface area contributed by atoms with Crippen molar-refractivity contribution in [3.63, 3.8) is 0 Å². The first-order chi connectivity index (χ1) is 9.24. The van der Waals surface area contributed by atoms with Crippen molar-refractivity contribution in [3.8, 4) is 5.75 Å². The second-order valence-electron chi connectivity index (χ2n) is 5.12. The van der Waals surface area contributed by atoms with Crippen molar-refractivity contribution in [2.24, 2.45) is 5.92 Å². The van der Waals surface area contributed by atoms with Crippen LogP contribution in [0.25, 0.3) is 0 Å². The Bertz CT molecular complexity index is 411. The molecule has 1 fully saturated rings. The molecule has 1 aromatic carbocycles. The Morgan fingerprint density at radius 1 is 1.47 bits per heavy atom. The molecule has 1 aliphatic heterocycles. The summed E-state index contributed by atoms with van der Waals surface area (Å²) in [5.41, 5.74) is 1.10. The molecule has 1 unspecified atom stereocenters. The summed E-state index contributed by atoms with van der Waals surface area (Å²) in [4.78, 5) is 2.36. The van der Waals surface area contributed by atoms with Gasteiger partial charge in [-0.05, 0) is 44.0 Å². The molecular formula is C15H23ClN2O. The second kappa shape index (κ2) is 7.01. The van der Waals surface area contributed by atoms with E-state index in [1.165, 1.54) is 12.8 Å². The lowest BCUT2D eigenvalue weighted by Crippen LogP contribution is -2.26. The largest absolute Gasteiger partial charge is 0.497 e. The van der Waals surface area contributed by atoms with Crippen LogP contribution in [0.1, 0.15) is 19.8 Å². The number of ether oxygens (including phenoxy) is 1. The summed E-state index contributed by atoms with van der Waals surface area (Å²) in [5.74, 6) is 1.58. The molecule has 0 amide bonds. The quantitative estimate of drug-likeness (QED) is 0.811. The van der Waals surface area contributed by atoms with Crippen molar-refractivity contribution in [1.82, 2.24) is 5.32 Å². The van der Waals surface area contributed by atoms with Gasteiger partial charge in [-0.1, -0.05) is 18.5 Å². The first-order valence-electron chi connectivity index (χ1n) is 7.03. The molecule has 2 rings (SSSR count). The molecule has 1 heterocycles. The van der Waals surface area contributed by atoms with Gasteiger partial charge in [-0.15, -0.1) is 0 Å². The Balaban J connectivity index is 1.96. The minimum absolute atomic E-state index is 0.716. The number of halogens is 1. The molecule has 1 aliphatic rings. The van der Waals surface area contributed by atoms with Crippen LogP contribution >= 0.6 is 11.6 Å². The van der Waals surface area contributed by atoms with Crippen molar-refractivity contribution in [3.05, 3.63) is 23.2 Å². The van der Waals surface area contributed by atoms with Crippen LogP contribution in [0.5, 0.6) is 5.75 Å². The van der Waals surface area contributed by atoms with Gasteiger partial charge in [0.15, 0.2) is 0 Å². The van der Waals surface area contributed by atoms with E-state index < -0.39 is 0 Å². The van der Waals surface area contributed by atoms with E-state index >= 15 is 0 Å². The van der Waals surface area contributed by atoms with Crippen molar-refractivity contribution in [2.75, 3.05) is 38.2 Å². The molecule has 0 radical (unpaired) electrons. The molecule has 4 heteroatoms. The molecule has 3 nitrogen and oxygen atoms in total. The third kappa shape index (κ3) is 3.77. The maximum atomic E-state index is 6.29. The maximum absolute atomic E-state index is 6.29. The van der Waals surface area contributed by atoms with E-state index in [-0.39, 0.29) is 0 Å². The van der Waals surface area contributed by atoms with Crippen LogP contribution in [-0.4, -0.2) is 33.3 Å². The van der Waals surface area contributed by atoms with E-state index in [1.807, 2.05) is 18.2 Å². The Hall–Kier alpha value is -0.930. The predicted octanol–water partition coefficient (Wildman–Crippen LogP) is 3.17. The number of rotatable bonds is 6. The van der Waals surface area contributed by atoms with Crippen LogP contribution in [-0.2, 0) is 0 Å². The van der Waals surface area contributed by atoms with E-state index in [1.54, 1.807) is 7.11 Å². The van der Waals surface area contributed by atoms with Crippen LogP contribution in [0.2, 0.25) is 5.02 Å². The van der Waals surface area contributed by atoms with Crippen molar-refractivity contribution in [2.45, 2.75) is 19.8 Å². The minimum atomic E-state index is 0.716. The molecule has 0 aliphatic carbocycles. The zero-order valence-corrected chi connectivity index (χ0v) is 12.5. The molecule has 1 aromatic rings. The first-order valence-corrected chi connectivity index (χ1v) is 7.41. The monoisotopic (exact) mass is 282 g/mol. The molecule has 0 bridgehead atoms. The number of nitrogens with zero attached hydrogens (tertiary/aromatic N) is 1. The van der Waals surface area contributed by atoms with Gasteiger partial charge in [0.05, 0.1) is 17.8 Å². The van der Waals surface area contributed by atoms with Gasteiger partial charge in [0.2, 0.25) is 0 Å². The summed E-state index contributed by atoms with van der Waals surface area (Å²) < 4.78 is 5.28. The zero-order valence-electron chi connectivity index (χ0n) is 11.8. The van der Waals surface area contributed by atoms with Gasteiger partial charge < -0.3 is 15.0 Å². The number of hydrogen-bond donors (Lipinski definition) is 1. The average Bonchev–Trinajstić information content (AvgIpc) is 2.88. The van der Waals surface area contributed by atoms with Gasteiger partial charge in [-0.25, -0.2) is 0 Å². The average molecular weight is 283 g/mol. The lowest BCUT2D eigenvalue weighted by molar-refractivity contribution is 0.415. The molecule has 106 valence electrons. The van der Waals surface area contributed by atoms with Crippen LogP contribution in [0.15, 0.2) is 18.2 Å². The van der Waals surface area contributed by atoms with E-state index in [0.717, 1.165) is 42.6 Å². The standard InChI is InChI=1S/C15H23ClN2O/c1-3-7-17-10-12-6-8-18(11-12)15-9-13(19-2)4-5-14(15)16/h4-5,9,12,17H,3,6-8,10-11H2,1-2H3. The summed E-state index contributed by atoms with van der Waals surface area (Å²) in [7, 11) is 1.69. The molecule has 19 heavy (non-hydrogen) atoms. The number of anilines is 1. The smallest absolute Gasteiger partial charge is 0.121 e. The number of hydrogen-bond acceptors (Lipinski definition) is 3. The highest BCUT2D eigenvalue weighted by molar-refractivity contribution is 6.33. The molecule has 0 spiro atoms. The SMILES string of the molecule is CCCNCC1CCN(c2cc(OC)ccc2Cl)C1. The number of nitrogens with one attached hydrogen (secondary N) is 1. The fourth-order valence-corrected chi connectivity index (χ4v) is 2.80. The summed E-state index contributed by atoms with van der Waals surface area (Å²) in [6.07, 6.45) is 2.42. The topological polar surface area (TPSA) is 24.5 Å². The van der Waals surface area contributed by atoms with Crippen LogP contribution in [0.3, 0.4) is 0 Å². The normalized spacial score (nSPS) is 18.9. The minimum Gasteiger partial charge on any atom is -0.497 e. The molecular weight excluding hydrogens is 260 g/mol. The van der Waals surface area contributed by atoms with Crippen LogP contribution in [0.4, 0.5) is 5.69 Å². The molecule has 1 N–H and O–H groups in total. The van der Waals surface area contributed by atoms with E-state index in [0.29, 0.717) is 5.92 Å². The highest BCUT2D eigenvalue weighted by atomic mass is 35.5. The van der Waals surface area contributed by atoms with Crippen LogP contribution in [0, 0.1) is 5.92 Å². The third-order valence-electron chi connectivity index (χ3n) is 3.64. The molecule has 0 saturated carbocycles. The van der Waals surface area contributed by atoms with Crippen molar-refractivity contribution < 1.29 is 4.74 Å². The highest BCUT2D eigenvalue weighted by Crippen LogP contribution is 2.33. The molecule has 1 atom stereocenters. The van der Waals surface area contributed by atoms with Crippen molar-refractivity contribution >= 4 is 17.3 Å². The van der Waals surface area contributed by atoms with Gasteiger partial charge in [-0.3, -0.25) is 0 Å².